The lowest BCUT2D eigenvalue weighted by Gasteiger charge is -2.24. The number of nitrogens with one attached hydrogen (secondary N) is 2. The second-order valence-electron chi connectivity index (χ2n) is 5.91. The van der Waals surface area contributed by atoms with Gasteiger partial charge in [0.25, 0.3) is 0 Å². The fourth-order valence-electron chi connectivity index (χ4n) is 2.91. The summed E-state index contributed by atoms with van der Waals surface area (Å²) < 4.78 is 0. The molecule has 0 bridgehead atoms. The zero-order chi connectivity index (χ0) is 16.1. The minimum atomic E-state index is 0.456. The van der Waals surface area contributed by atoms with Crippen molar-refractivity contribution in [1.82, 2.24) is 9.97 Å². The van der Waals surface area contributed by atoms with E-state index < -0.39 is 0 Å². The lowest BCUT2D eigenvalue weighted by molar-refractivity contribution is 0.462. The van der Waals surface area contributed by atoms with Gasteiger partial charge in [-0.25, -0.2) is 9.97 Å². The zero-order valence-corrected chi connectivity index (χ0v) is 13.8. The van der Waals surface area contributed by atoms with Crippen molar-refractivity contribution < 1.29 is 0 Å². The molecule has 1 saturated carbocycles. The first-order chi connectivity index (χ1) is 11.2. The Kier molecular flexibility index (Phi) is 5.18. The Hall–Kier alpha value is -2.01. The third kappa shape index (κ3) is 4.05. The second kappa shape index (κ2) is 7.51. The number of nitrogens with two attached hydrogens (primary N) is 1. The van der Waals surface area contributed by atoms with E-state index >= 15 is 0 Å². The van der Waals surface area contributed by atoms with Crippen LogP contribution >= 0.6 is 11.6 Å². The van der Waals surface area contributed by atoms with Crippen LogP contribution in [-0.2, 0) is 6.54 Å². The van der Waals surface area contributed by atoms with E-state index in [1.54, 1.807) is 0 Å². The molecule has 1 aliphatic rings. The first-order valence-corrected chi connectivity index (χ1v) is 8.46. The van der Waals surface area contributed by atoms with Crippen LogP contribution in [0.3, 0.4) is 0 Å². The van der Waals surface area contributed by atoms with Gasteiger partial charge in [-0.15, -0.1) is 0 Å². The Labute approximate surface area is 141 Å². The topological polar surface area (TPSA) is 75.9 Å². The van der Waals surface area contributed by atoms with Crippen LogP contribution < -0.4 is 16.4 Å². The first-order valence-electron chi connectivity index (χ1n) is 8.08. The molecule has 3 rings (SSSR count). The lowest BCUT2D eigenvalue weighted by atomic mass is 9.95. The monoisotopic (exact) mass is 331 g/mol. The SMILES string of the molecule is Nc1c(NCc2ccccc2Cl)ncnc1NC1CCCCC1. The summed E-state index contributed by atoms with van der Waals surface area (Å²) in [6.45, 7) is 0.573. The van der Waals surface area contributed by atoms with Gasteiger partial charge in [0, 0.05) is 17.6 Å². The summed E-state index contributed by atoms with van der Waals surface area (Å²) in [6.07, 6.45) is 7.73. The number of nitrogen functional groups attached to an aromatic ring is 1. The third-order valence-corrected chi connectivity index (χ3v) is 4.60. The van der Waals surface area contributed by atoms with Crippen molar-refractivity contribution in [3.63, 3.8) is 0 Å². The molecule has 5 nitrogen and oxygen atoms in total. The van der Waals surface area contributed by atoms with Crippen molar-refractivity contribution in [3.05, 3.63) is 41.2 Å². The van der Waals surface area contributed by atoms with Crippen molar-refractivity contribution in [3.8, 4) is 0 Å². The van der Waals surface area contributed by atoms with Crippen molar-refractivity contribution in [2.24, 2.45) is 0 Å². The molecule has 2 aromatic rings. The van der Waals surface area contributed by atoms with E-state index in [4.69, 9.17) is 17.3 Å². The highest BCUT2D eigenvalue weighted by Gasteiger charge is 2.16. The minimum Gasteiger partial charge on any atom is -0.393 e. The Morgan fingerprint density at radius 1 is 1.09 bits per heavy atom. The van der Waals surface area contributed by atoms with Gasteiger partial charge in [0.05, 0.1) is 0 Å². The summed E-state index contributed by atoms with van der Waals surface area (Å²) in [6, 6.07) is 8.18. The van der Waals surface area contributed by atoms with Crippen molar-refractivity contribution in [1.29, 1.82) is 0 Å². The van der Waals surface area contributed by atoms with E-state index in [1.165, 1.54) is 38.4 Å². The van der Waals surface area contributed by atoms with Crippen LogP contribution in [0.15, 0.2) is 30.6 Å². The largest absolute Gasteiger partial charge is 0.393 e. The number of hydrogen-bond donors (Lipinski definition) is 3. The fraction of sp³-hybridized carbons (Fsp3) is 0.412. The van der Waals surface area contributed by atoms with Gasteiger partial charge >= 0.3 is 0 Å². The first kappa shape index (κ1) is 15.9. The molecule has 1 aliphatic carbocycles. The van der Waals surface area contributed by atoms with Gasteiger partial charge < -0.3 is 16.4 Å². The molecule has 1 heterocycles. The van der Waals surface area contributed by atoms with E-state index in [0.29, 0.717) is 29.9 Å². The highest BCUT2D eigenvalue weighted by Crippen LogP contribution is 2.27. The molecule has 1 fully saturated rings. The predicted molar refractivity (Wildman–Crippen MR) is 95.7 cm³/mol. The van der Waals surface area contributed by atoms with E-state index in [2.05, 4.69) is 20.6 Å². The van der Waals surface area contributed by atoms with Crippen LogP contribution in [-0.4, -0.2) is 16.0 Å². The number of hydrogen-bond acceptors (Lipinski definition) is 5. The summed E-state index contributed by atoms with van der Waals surface area (Å²) in [7, 11) is 0. The van der Waals surface area contributed by atoms with Crippen LogP contribution in [0.25, 0.3) is 0 Å². The molecule has 4 N–H and O–H groups in total. The predicted octanol–water partition coefficient (Wildman–Crippen LogP) is 4.07. The summed E-state index contributed by atoms with van der Waals surface area (Å²) in [5.41, 5.74) is 7.79. The number of halogens is 1. The Morgan fingerprint density at radius 3 is 2.61 bits per heavy atom. The molecule has 0 radical (unpaired) electrons. The number of anilines is 3. The molecule has 0 unspecified atom stereocenters. The zero-order valence-electron chi connectivity index (χ0n) is 13.1. The molecule has 0 spiro atoms. The van der Waals surface area contributed by atoms with Crippen molar-refractivity contribution in [2.75, 3.05) is 16.4 Å². The van der Waals surface area contributed by atoms with Crippen LogP contribution in [0.4, 0.5) is 17.3 Å². The molecule has 23 heavy (non-hydrogen) atoms. The maximum atomic E-state index is 6.22. The van der Waals surface area contributed by atoms with Crippen molar-refractivity contribution in [2.45, 2.75) is 44.7 Å². The molecule has 0 saturated heterocycles. The van der Waals surface area contributed by atoms with Crippen LogP contribution in [0.1, 0.15) is 37.7 Å². The average Bonchev–Trinajstić information content (AvgIpc) is 2.58. The van der Waals surface area contributed by atoms with Gasteiger partial charge in [-0.3, -0.25) is 0 Å². The van der Waals surface area contributed by atoms with Gasteiger partial charge in [-0.1, -0.05) is 49.1 Å². The normalized spacial score (nSPS) is 15.3. The average molecular weight is 332 g/mol. The second-order valence-corrected chi connectivity index (χ2v) is 6.32. The minimum absolute atomic E-state index is 0.456. The fourth-order valence-corrected chi connectivity index (χ4v) is 3.11. The van der Waals surface area contributed by atoms with E-state index in [1.807, 2.05) is 24.3 Å². The quantitative estimate of drug-likeness (QED) is 0.770. The standard InChI is InChI=1S/C17H22ClN5/c18-14-9-5-4-6-12(14)10-20-16-15(19)17(22-11-21-16)23-13-7-2-1-3-8-13/h4-6,9,11,13H,1-3,7-8,10,19H2,(H2,20,21,22,23). The van der Waals surface area contributed by atoms with Gasteiger partial charge in [0.1, 0.15) is 12.0 Å². The van der Waals surface area contributed by atoms with E-state index in [0.717, 1.165) is 10.6 Å². The molecule has 0 atom stereocenters. The maximum Gasteiger partial charge on any atom is 0.155 e. The van der Waals surface area contributed by atoms with Gasteiger partial charge in [-0.2, -0.15) is 0 Å². The molecular formula is C17H22ClN5. The molecule has 122 valence electrons. The smallest absolute Gasteiger partial charge is 0.155 e. The van der Waals surface area contributed by atoms with Crippen LogP contribution in [0.2, 0.25) is 5.02 Å². The highest BCUT2D eigenvalue weighted by molar-refractivity contribution is 6.31. The van der Waals surface area contributed by atoms with E-state index in [-0.39, 0.29) is 0 Å². The van der Waals surface area contributed by atoms with E-state index in [9.17, 15) is 0 Å². The molecule has 6 heteroatoms. The van der Waals surface area contributed by atoms with Crippen LogP contribution in [0.5, 0.6) is 0 Å². The Morgan fingerprint density at radius 2 is 1.83 bits per heavy atom. The Balaban J connectivity index is 1.68. The summed E-state index contributed by atoms with van der Waals surface area (Å²) in [5.74, 6) is 1.35. The summed E-state index contributed by atoms with van der Waals surface area (Å²) >= 11 is 6.17. The molecule has 1 aromatic carbocycles. The summed E-state index contributed by atoms with van der Waals surface area (Å²) in [5, 5.41) is 7.43. The number of benzene rings is 1. The number of rotatable bonds is 5. The third-order valence-electron chi connectivity index (χ3n) is 4.23. The summed E-state index contributed by atoms with van der Waals surface area (Å²) in [4.78, 5) is 8.54. The molecular weight excluding hydrogens is 310 g/mol. The number of nitrogens with zero attached hydrogens (tertiary/aromatic N) is 2. The molecule has 0 aliphatic heterocycles. The Bertz CT molecular complexity index is 655. The lowest BCUT2D eigenvalue weighted by Crippen LogP contribution is -2.23. The maximum absolute atomic E-state index is 6.22. The van der Waals surface area contributed by atoms with Gasteiger partial charge in [0.15, 0.2) is 11.6 Å². The van der Waals surface area contributed by atoms with Gasteiger partial charge in [-0.05, 0) is 24.5 Å². The molecule has 0 amide bonds. The van der Waals surface area contributed by atoms with Gasteiger partial charge in [0.2, 0.25) is 0 Å². The molecule has 1 aromatic heterocycles. The van der Waals surface area contributed by atoms with Crippen LogP contribution in [0, 0.1) is 0 Å². The van der Waals surface area contributed by atoms with Crippen molar-refractivity contribution >= 4 is 28.9 Å². The number of aromatic nitrogens is 2. The highest BCUT2D eigenvalue weighted by atomic mass is 35.5.